The van der Waals surface area contributed by atoms with Gasteiger partial charge in [0.25, 0.3) is 0 Å². The van der Waals surface area contributed by atoms with Crippen LogP contribution in [-0.4, -0.2) is 6.54 Å². The molecule has 1 nitrogen and oxygen atoms in total. The highest BCUT2D eigenvalue weighted by molar-refractivity contribution is 5.45. The number of rotatable bonds is 3. The van der Waals surface area contributed by atoms with Gasteiger partial charge in [-0.15, -0.1) is 6.58 Å². The molecular weight excluding hydrogens is 179 g/mol. The van der Waals surface area contributed by atoms with Gasteiger partial charge in [-0.3, -0.25) is 0 Å². The van der Waals surface area contributed by atoms with Gasteiger partial charge < -0.3 is 5.32 Å². The monoisotopic (exact) mass is 187 g/mol. The molecule has 70 valence electrons. The van der Waals surface area contributed by atoms with Gasteiger partial charge in [-0.25, -0.2) is 13.2 Å². The first kappa shape index (κ1) is 9.64. The van der Waals surface area contributed by atoms with E-state index in [1.54, 1.807) is 0 Å². The van der Waals surface area contributed by atoms with Gasteiger partial charge in [0.2, 0.25) is 0 Å². The molecule has 0 radical (unpaired) electrons. The molecule has 0 aliphatic rings. The van der Waals surface area contributed by atoms with Gasteiger partial charge in [0, 0.05) is 6.54 Å². The van der Waals surface area contributed by atoms with Crippen LogP contribution in [0.3, 0.4) is 0 Å². The van der Waals surface area contributed by atoms with E-state index in [4.69, 9.17) is 0 Å². The Labute approximate surface area is 73.9 Å². The smallest absolute Gasteiger partial charge is 0.196 e. The summed E-state index contributed by atoms with van der Waals surface area (Å²) < 4.78 is 37.9. The number of nitrogens with one attached hydrogen (secondary N) is 1. The van der Waals surface area contributed by atoms with Crippen LogP contribution in [0.2, 0.25) is 0 Å². The SMILES string of the molecule is C=CCNc1ccc(F)c(F)c1F. The van der Waals surface area contributed by atoms with Crippen LogP contribution in [0.25, 0.3) is 0 Å². The van der Waals surface area contributed by atoms with Crippen LogP contribution in [0.4, 0.5) is 18.9 Å². The number of halogens is 3. The summed E-state index contributed by atoms with van der Waals surface area (Å²) in [5.74, 6) is -3.86. The molecule has 1 aromatic carbocycles. The molecule has 1 N–H and O–H groups in total. The molecule has 0 spiro atoms. The lowest BCUT2D eigenvalue weighted by Gasteiger charge is -2.05. The second-order valence-corrected chi connectivity index (χ2v) is 2.39. The van der Waals surface area contributed by atoms with E-state index in [1.165, 1.54) is 6.08 Å². The molecule has 0 unspecified atom stereocenters. The van der Waals surface area contributed by atoms with Crippen LogP contribution in [0.5, 0.6) is 0 Å². The molecular formula is C9H8F3N. The lowest BCUT2D eigenvalue weighted by molar-refractivity contribution is 0.449. The van der Waals surface area contributed by atoms with Gasteiger partial charge in [-0.2, -0.15) is 0 Å². The second-order valence-electron chi connectivity index (χ2n) is 2.39. The minimum Gasteiger partial charge on any atom is -0.379 e. The third-order valence-electron chi connectivity index (χ3n) is 1.47. The van der Waals surface area contributed by atoms with Gasteiger partial charge in [0.1, 0.15) is 0 Å². The van der Waals surface area contributed by atoms with Crippen LogP contribution < -0.4 is 5.32 Å². The number of anilines is 1. The topological polar surface area (TPSA) is 12.0 Å². The van der Waals surface area contributed by atoms with Crippen molar-refractivity contribution in [1.82, 2.24) is 0 Å². The fourth-order valence-electron chi connectivity index (χ4n) is 0.845. The highest BCUT2D eigenvalue weighted by Crippen LogP contribution is 2.19. The van der Waals surface area contributed by atoms with Crippen molar-refractivity contribution in [2.24, 2.45) is 0 Å². The molecule has 0 aromatic heterocycles. The second kappa shape index (κ2) is 3.98. The zero-order valence-electron chi connectivity index (χ0n) is 6.78. The Morgan fingerprint density at radius 3 is 2.54 bits per heavy atom. The Balaban J connectivity index is 2.96. The van der Waals surface area contributed by atoms with E-state index in [0.717, 1.165) is 12.1 Å². The van der Waals surface area contributed by atoms with Crippen LogP contribution >= 0.6 is 0 Å². The summed E-state index contributed by atoms with van der Waals surface area (Å²) in [7, 11) is 0. The first-order valence-electron chi connectivity index (χ1n) is 3.65. The molecule has 0 amide bonds. The van der Waals surface area contributed by atoms with E-state index >= 15 is 0 Å². The van der Waals surface area contributed by atoms with Crippen LogP contribution in [0.1, 0.15) is 0 Å². The molecule has 1 rings (SSSR count). The van der Waals surface area contributed by atoms with Gasteiger partial charge in [0.05, 0.1) is 5.69 Å². The summed E-state index contributed by atoms with van der Waals surface area (Å²) in [5.41, 5.74) is -0.0706. The normalized spacial score (nSPS) is 9.77. The molecule has 0 heterocycles. The van der Waals surface area contributed by atoms with E-state index in [9.17, 15) is 13.2 Å². The van der Waals surface area contributed by atoms with E-state index < -0.39 is 17.5 Å². The predicted molar refractivity (Wildman–Crippen MR) is 45.0 cm³/mol. The van der Waals surface area contributed by atoms with Crippen molar-refractivity contribution in [3.63, 3.8) is 0 Å². The average molecular weight is 187 g/mol. The molecule has 4 heteroatoms. The van der Waals surface area contributed by atoms with Crippen molar-refractivity contribution >= 4 is 5.69 Å². The maximum absolute atomic E-state index is 12.9. The molecule has 0 saturated heterocycles. The lowest BCUT2D eigenvalue weighted by Crippen LogP contribution is -2.03. The Bertz CT molecular complexity index is 323. The lowest BCUT2D eigenvalue weighted by atomic mass is 10.3. The molecule has 0 bridgehead atoms. The summed E-state index contributed by atoms with van der Waals surface area (Å²) in [4.78, 5) is 0. The minimum absolute atomic E-state index is 0.0706. The first-order chi connectivity index (χ1) is 6.16. The fourth-order valence-corrected chi connectivity index (χ4v) is 0.845. The third kappa shape index (κ3) is 2.02. The van der Waals surface area contributed by atoms with Crippen molar-refractivity contribution in [3.05, 3.63) is 42.2 Å². The Morgan fingerprint density at radius 2 is 1.92 bits per heavy atom. The van der Waals surface area contributed by atoms with Crippen molar-refractivity contribution in [2.75, 3.05) is 11.9 Å². The average Bonchev–Trinajstić information content (AvgIpc) is 2.13. The summed E-state index contributed by atoms with van der Waals surface area (Å²) in [6.07, 6.45) is 1.49. The van der Waals surface area contributed by atoms with E-state index in [2.05, 4.69) is 11.9 Å². The zero-order valence-corrected chi connectivity index (χ0v) is 6.78. The third-order valence-corrected chi connectivity index (χ3v) is 1.47. The Hall–Kier alpha value is -1.45. The molecule has 0 aliphatic heterocycles. The van der Waals surface area contributed by atoms with Crippen LogP contribution in [0, 0.1) is 17.5 Å². The maximum Gasteiger partial charge on any atom is 0.196 e. The van der Waals surface area contributed by atoms with Crippen molar-refractivity contribution in [3.8, 4) is 0 Å². The van der Waals surface area contributed by atoms with E-state index in [0.29, 0.717) is 6.54 Å². The molecule has 0 saturated carbocycles. The van der Waals surface area contributed by atoms with Crippen LogP contribution in [-0.2, 0) is 0 Å². The van der Waals surface area contributed by atoms with Gasteiger partial charge in [0.15, 0.2) is 17.5 Å². The highest BCUT2D eigenvalue weighted by atomic mass is 19.2. The molecule has 0 aliphatic carbocycles. The molecule has 0 fully saturated rings. The summed E-state index contributed by atoms with van der Waals surface area (Å²) in [6, 6.07) is 2.00. The predicted octanol–water partition coefficient (Wildman–Crippen LogP) is 2.70. The maximum atomic E-state index is 12.9. The number of benzene rings is 1. The molecule has 13 heavy (non-hydrogen) atoms. The fraction of sp³-hybridized carbons (Fsp3) is 0.111. The van der Waals surface area contributed by atoms with Gasteiger partial charge >= 0.3 is 0 Å². The van der Waals surface area contributed by atoms with Crippen molar-refractivity contribution in [1.29, 1.82) is 0 Å². The summed E-state index contributed by atoms with van der Waals surface area (Å²) in [6.45, 7) is 3.69. The van der Waals surface area contributed by atoms with Gasteiger partial charge in [-0.1, -0.05) is 6.08 Å². The highest BCUT2D eigenvalue weighted by Gasteiger charge is 2.11. The zero-order chi connectivity index (χ0) is 9.84. The standard InChI is InChI=1S/C9H8F3N/c1-2-5-13-7-4-3-6(10)8(11)9(7)12/h2-4,13H,1,5H2. The van der Waals surface area contributed by atoms with E-state index in [-0.39, 0.29) is 5.69 Å². The van der Waals surface area contributed by atoms with Gasteiger partial charge in [-0.05, 0) is 12.1 Å². The van der Waals surface area contributed by atoms with Crippen LogP contribution in [0.15, 0.2) is 24.8 Å². The number of hydrogen-bond donors (Lipinski definition) is 1. The largest absolute Gasteiger partial charge is 0.379 e. The molecule has 0 atom stereocenters. The summed E-state index contributed by atoms with van der Waals surface area (Å²) >= 11 is 0. The Kier molecular flexibility index (Phi) is 2.95. The number of hydrogen-bond acceptors (Lipinski definition) is 1. The van der Waals surface area contributed by atoms with E-state index in [1.807, 2.05) is 0 Å². The Morgan fingerprint density at radius 1 is 1.23 bits per heavy atom. The molecule has 1 aromatic rings. The quantitative estimate of drug-likeness (QED) is 0.566. The van der Waals surface area contributed by atoms with Crippen molar-refractivity contribution < 1.29 is 13.2 Å². The first-order valence-corrected chi connectivity index (χ1v) is 3.65. The summed E-state index contributed by atoms with van der Waals surface area (Å²) in [5, 5.41) is 2.53. The van der Waals surface area contributed by atoms with Crippen molar-refractivity contribution in [2.45, 2.75) is 0 Å². The minimum atomic E-state index is -1.46.